The van der Waals surface area contributed by atoms with Crippen LogP contribution in [-0.4, -0.2) is 10.7 Å². The number of pyridine rings is 1. The first kappa shape index (κ1) is 14.5. The van der Waals surface area contributed by atoms with Gasteiger partial charge in [-0.2, -0.15) is 5.10 Å². The van der Waals surface area contributed by atoms with Crippen molar-refractivity contribution in [2.24, 2.45) is 10.9 Å². The van der Waals surface area contributed by atoms with Crippen molar-refractivity contribution in [3.8, 4) is 11.1 Å². The lowest BCUT2D eigenvalue weighted by molar-refractivity contribution is 1.22. The van der Waals surface area contributed by atoms with Gasteiger partial charge in [0.05, 0.1) is 11.3 Å². The molecule has 1 aromatic heterocycles. The van der Waals surface area contributed by atoms with Crippen LogP contribution in [0.4, 0.5) is 0 Å². The monoisotopic (exact) mass is 355 g/mol. The fourth-order valence-corrected chi connectivity index (χ4v) is 2.94. The van der Waals surface area contributed by atoms with Crippen LogP contribution in [0.5, 0.6) is 0 Å². The van der Waals surface area contributed by atoms with E-state index in [2.05, 4.69) is 26.0 Å². The van der Waals surface area contributed by atoms with E-state index in [1.54, 1.807) is 6.92 Å². The molecule has 0 radical (unpaired) electrons. The maximum atomic E-state index is 12.5. The van der Waals surface area contributed by atoms with Crippen molar-refractivity contribution in [3.63, 3.8) is 0 Å². The number of nitrogens with one attached hydrogen (secondary N) is 1. The summed E-state index contributed by atoms with van der Waals surface area (Å²) in [6, 6.07) is 15.5. The van der Waals surface area contributed by atoms with Gasteiger partial charge in [-0.15, -0.1) is 0 Å². The summed E-state index contributed by atoms with van der Waals surface area (Å²) in [6.07, 6.45) is 0. The van der Waals surface area contributed by atoms with Crippen LogP contribution in [0.15, 0.2) is 62.9 Å². The molecule has 0 spiro atoms. The number of H-pyrrole nitrogens is 1. The second-order valence-electron chi connectivity index (χ2n) is 4.97. The number of rotatable bonds is 2. The minimum absolute atomic E-state index is 0.194. The Kier molecular flexibility index (Phi) is 3.81. The molecular formula is C17H14BrN3O. The Hall–Kier alpha value is -2.40. The third kappa shape index (κ3) is 2.44. The second-order valence-corrected chi connectivity index (χ2v) is 5.89. The van der Waals surface area contributed by atoms with Crippen LogP contribution < -0.4 is 11.4 Å². The number of aromatic nitrogens is 1. The molecule has 0 aliphatic heterocycles. The molecule has 0 saturated heterocycles. The number of hydrazone groups is 1. The summed E-state index contributed by atoms with van der Waals surface area (Å²) in [5.41, 5.74) is 3.38. The summed E-state index contributed by atoms with van der Waals surface area (Å²) in [5.74, 6) is 5.42. The minimum Gasteiger partial charge on any atom is -0.323 e. The van der Waals surface area contributed by atoms with Gasteiger partial charge in [-0.25, -0.2) is 0 Å². The van der Waals surface area contributed by atoms with Gasteiger partial charge in [-0.05, 0) is 30.7 Å². The Bertz CT molecular complexity index is 930. The van der Waals surface area contributed by atoms with Gasteiger partial charge in [0.25, 0.3) is 5.56 Å². The molecule has 3 N–H and O–H groups in total. The number of hydrogen-bond acceptors (Lipinski definition) is 3. The number of nitrogens with two attached hydrogens (primary N) is 1. The molecule has 0 fully saturated rings. The zero-order chi connectivity index (χ0) is 15.7. The summed E-state index contributed by atoms with van der Waals surface area (Å²) < 4.78 is 0.942. The maximum Gasteiger partial charge on any atom is 0.258 e. The lowest BCUT2D eigenvalue weighted by Gasteiger charge is -2.12. The molecule has 22 heavy (non-hydrogen) atoms. The molecule has 110 valence electrons. The smallest absolute Gasteiger partial charge is 0.258 e. The Labute approximate surface area is 135 Å². The minimum atomic E-state index is -0.194. The number of aromatic amines is 1. The van der Waals surface area contributed by atoms with Gasteiger partial charge in [0.2, 0.25) is 0 Å². The predicted molar refractivity (Wildman–Crippen MR) is 94.1 cm³/mol. The Morgan fingerprint density at radius 3 is 2.59 bits per heavy atom. The molecule has 0 unspecified atom stereocenters. The topological polar surface area (TPSA) is 71.2 Å². The Balaban J connectivity index is 2.53. The Morgan fingerprint density at radius 1 is 1.18 bits per heavy atom. The van der Waals surface area contributed by atoms with Gasteiger partial charge in [-0.1, -0.05) is 46.3 Å². The number of halogens is 1. The summed E-state index contributed by atoms with van der Waals surface area (Å²) in [4.78, 5) is 15.4. The van der Waals surface area contributed by atoms with Crippen LogP contribution in [0.3, 0.4) is 0 Å². The summed E-state index contributed by atoms with van der Waals surface area (Å²) >= 11 is 3.49. The molecule has 4 nitrogen and oxygen atoms in total. The van der Waals surface area contributed by atoms with Crippen LogP contribution in [0.25, 0.3) is 22.0 Å². The molecule has 0 aliphatic carbocycles. The van der Waals surface area contributed by atoms with Crippen LogP contribution >= 0.6 is 15.9 Å². The third-order valence-corrected chi connectivity index (χ3v) is 4.09. The van der Waals surface area contributed by atoms with Crippen molar-refractivity contribution in [1.82, 2.24) is 4.98 Å². The fourth-order valence-electron chi connectivity index (χ4n) is 2.58. The number of benzene rings is 2. The molecule has 0 amide bonds. The summed E-state index contributed by atoms with van der Waals surface area (Å²) in [5, 5.41) is 4.66. The van der Waals surface area contributed by atoms with E-state index < -0.39 is 0 Å². The van der Waals surface area contributed by atoms with Gasteiger partial charge in [0, 0.05) is 20.9 Å². The molecule has 0 aliphatic rings. The van der Waals surface area contributed by atoms with Crippen LogP contribution in [0.1, 0.15) is 12.5 Å². The third-order valence-electron chi connectivity index (χ3n) is 3.59. The second kappa shape index (κ2) is 5.77. The van der Waals surface area contributed by atoms with Crippen LogP contribution in [0.2, 0.25) is 0 Å². The standard InChI is InChI=1S/C17H14BrN3O/c1-10(21-19)15-16(11-5-3-2-4-6-11)13-9-12(18)7-8-14(13)20-17(15)22/h2-9H,19H2,1H3,(H,20,22)/b21-10-. The van der Waals surface area contributed by atoms with E-state index in [9.17, 15) is 4.79 Å². The van der Waals surface area contributed by atoms with Gasteiger partial charge < -0.3 is 10.8 Å². The average Bonchev–Trinajstić information content (AvgIpc) is 2.54. The highest BCUT2D eigenvalue weighted by atomic mass is 79.9. The first-order chi connectivity index (χ1) is 10.6. The lowest BCUT2D eigenvalue weighted by Crippen LogP contribution is -2.19. The normalized spacial score (nSPS) is 11.8. The van der Waals surface area contributed by atoms with E-state index in [1.807, 2.05) is 48.5 Å². The quantitative estimate of drug-likeness (QED) is 0.418. The van der Waals surface area contributed by atoms with Crippen molar-refractivity contribution in [2.45, 2.75) is 6.92 Å². The number of fused-ring (bicyclic) bond motifs is 1. The highest BCUT2D eigenvalue weighted by molar-refractivity contribution is 9.10. The van der Waals surface area contributed by atoms with E-state index >= 15 is 0 Å². The first-order valence-electron chi connectivity index (χ1n) is 6.77. The molecule has 0 atom stereocenters. The van der Waals surface area contributed by atoms with Crippen molar-refractivity contribution >= 4 is 32.5 Å². The molecule has 2 aromatic carbocycles. The zero-order valence-corrected chi connectivity index (χ0v) is 13.5. The zero-order valence-electron chi connectivity index (χ0n) is 11.9. The lowest BCUT2D eigenvalue weighted by atomic mass is 9.94. The molecule has 5 heteroatoms. The molecule has 3 aromatic rings. The highest BCUT2D eigenvalue weighted by Crippen LogP contribution is 2.31. The maximum absolute atomic E-state index is 12.5. The van der Waals surface area contributed by atoms with Crippen molar-refractivity contribution in [2.75, 3.05) is 0 Å². The van der Waals surface area contributed by atoms with Crippen LogP contribution in [0, 0.1) is 0 Å². The van der Waals surface area contributed by atoms with Gasteiger partial charge >= 0.3 is 0 Å². The predicted octanol–water partition coefficient (Wildman–Crippen LogP) is 3.64. The first-order valence-corrected chi connectivity index (χ1v) is 7.57. The van der Waals surface area contributed by atoms with E-state index in [1.165, 1.54) is 0 Å². The van der Waals surface area contributed by atoms with Crippen molar-refractivity contribution in [3.05, 3.63) is 68.9 Å². The highest BCUT2D eigenvalue weighted by Gasteiger charge is 2.16. The summed E-state index contributed by atoms with van der Waals surface area (Å²) in [7, 11) is 0. The summed E-state index contributed by atoms with van der Waals surface area (Å²) in [6.45, 7) is 1.74. The molecule has 0 saturated carbocycles. The molecule has 1 heterocycles. The number of nitrogens with zero attached hydrogens (tertiary/aromatic N) is 1. The van der Waals surface area contributed by atoms with Gasteiger partial charge in [-0.3, -0.25) is 4.79 Å². The van der Waals surface area contributed by atoms with E-state index in [0.29, 0.717) is 11.3 Å². The van der Waals surface area contributed by atoms with Crippen molar-refractivity contribution < 1.29 is 0 Å². The SMILES string of the molecule is C/C(=N/N)c1c(-c2ccccc2)c2cc(Br)ccc2[nH]c1=O. The number of hydrogen-bond donors (Lipinski definition) is 2. The molecule has 3 rings (SSSR count). The Morgan fingerprint density at radius 2 is 1.91 bits per heavy atom. The van der Waals surface area contributed by atoms with Crippen LogP contribution in [-0.2, 0) is 0 Å². The average molecular weight is 356 g/mol. The molecule has 0 bridgehead atoms. The van der Waals surface area contributed by atoms with Gasteiger partial charge in [0.15, 0.2) is 0 Å². The largest absolute Gasteiger partial charge is 0.323 e. The van der Waals surface area contributed by atoms with Crippen molar-refractivity contribution in [1.29, 1.82) is 0 Å². The van der Waals surface area contributed by atoms with E-state index in [4.69, 9.17) is 5.84 Å². The van der Waals surface area contributed by atoms with E-state index in [0.717, 1.165) is 26.5 Å². The fraction of sp³-hybridized carbons (Fsp3) is 0.0588. The van der Waals surface area contributed by atoms with E-state index in [-0.39, 0.29) is 5.56 Å². The van der Waals surface area contributed by atoms with Gasteiger partial charge in [0.1, 0.15) is 0 Å². The molecular weight excluding hydrogens is 342 g/mol.